The lowest BCUT2D eigenvalue weighted by atomic mass is 10.0. The summed E-state index contributed by atoms with van der Waals surface area (Å²) in [6, 6.07) is 13.7. The number of carbonyl (C=O) groups excluding carboxylic acids is 2. The molecule has 0 bridgehead atoms. The van der Waals surface area contributed by atoms with Gasteiger partial charge >= 0.3 is 0 Å². The lowest BCUT2D eigenvalue weighted by Gasteiger charge is -2.21. The molecule has 0 radical (unpaired) electrons. The molecular weight excluding hydrogens is 366 g/mol. The van der Waals surface area contributed by atoms with Crippen LogP contribution in [0.2, 0.25) is 0 Å². The number of aryl methyl sites for hydroxylation is 3. The van der Waals surface area contributed by atoms with Crippen molar-refractivity contribution in [3.05, 3.63) is 82.2 Å². The van der Waals surface area contributed by atoms with Crippen LogP contribution in [0.1, 0.15) is 49.6 Å². The smallest absolute Gasteiger partial charge is 0.260 e. The molecule has 3 aromatic rings. The van der Waals surface area contributed by atoms with Crippen LogP contribution >= 0.6 is 0 Å². The lowest BCUT2D eigenvalue weighted by Crippen LogP contribution is -2.30. The quantitative estimate of drug-likeness (QED) is 0.731. The van der Waals surface area contributed by atoms with Crippen LogP contribution in [-0.4, -0.2) is 28.4 Å². The largest absolute Gasteiger partial charge is 0.361 e. The van der Waals surface area contributed by atoms with Crippen molar-refractivity contribution in [3.63, 3.8) is 0 Å². The fourth-order valence-corrected chi connectivity index (χ4v) is 3.65. The Balaban J connectivity index is 1.56. The highest BCUT2D eigenvalue weighted by molar-refractivity contribution is 6.06. The van der Waals surface area contributed by atoms with E-state index in [1.807, 2.05) is 36.1 Å². The highest BCUT2D eigenvalue weighted by Gasteiger charge is 2.21. The van der Waals surface area contributed by atoms with Gasteiger partial charge in [0.25, 0.3) is 11.8 Å². The second-order valence-electron chi connectivity index (χ2n) is 7.38. The molecule has 2 amide bonds. The summed E-state index contributed by atoms with van der Waals surface area (Å²) >= 11 is 0. The number of aromatic nitrogens is 1. The minimum Gasteiger partial charge on any atom is -0.361 e. The normalized spacial score (nSPS) is 13.5. The molecule has 6 nitrogen and oxygen atoms in total. The maximum Gasteiger partial charge on any atom is 0.260 e. The maximum atomic E-state index is 13.2. The van der Waals surface area contributed by atoms with Crippen molar-refractivity contribution in [2.75, 3.05) is 11.9 Å². The Morgan fingerprint density at radius 2 is 1.90 bits per heavy atom. The molecule has 0 aliphatic carbocycles. The van der Waals surface area contributed by atoms with E-state index < -0.39 is 0 Å². The summed E-state index contributed by atoms with van der Waals surface area (Å²) in [7, 11) is 0. The predicted molar refractivity (Wildman–Crippen MR) is 110 cm³/mol. The second-order valence-corrected chi connectivity index (χ2v) is 7.38. The van der Waals surface area contributed by atoms with Crippen molar-refractivity contribution in [1.29, 1.82) is 0 Å². The molecule has 0 saturated heterocycles. The minimum absolute atomic E-state index is 0.0293. The summed E-state index contributed by atoms with van der Waals surface area (Å²) in [6.45, 7) is 4.89. The Hall–Kier alpha value is -3.41. The first kappa shape index (κ1) is 18.9. The van der Waals surface area contributed by atoms with Gasteiger partial charge in [0.15, 0.2) is 0 Å². The van der Waals surface area contributed by atoms with Crippen LogP contribution in [0.4, 0.5) is 5.69 Å². The molecule has 2 aromatic carbocycles. The summed E-state index contributed by atoms with van der Waals surface area (Å²) in [6.07, 6.45) is 3.31. The van der Waals surface area contributed by atoms with Crippen molar-refractivity contribution in [1.82, 2.24) is 10.1 Å². The van der Waals surface area contributed by atoms with E-state index in [1.54, 1.807) is 13.0 Å². The zero-order valence-electron chi connectivity index (χ0n) is 16.6. The molecule has 0 atom stereocenters. The number of fused-ring (bicyclic) bond motifs is 1. The maximum absolute atomic E-state index is 13.2. The van der Waals surface area contributed by atoms with Gasteiger partial charge in [-0.2, -0.15) is 0 Å². The summed E-state index contributed by atoms with van der Waals surface area (Å²) in [4.78, 5) is 27.6. The Kier molecular flexibility index (Phi) is 5.16. The van der Waals surface area contributed by atoms with Crippen molar-refractivity contribution in [2.45, 2.75) is 33.2 Å². The highest BCUT2D eigenvalue weighted by Crippen LogP contribution is 2.23. The van der Waals surface area contributed by atoms with Gasteiger partial charge in [-0.25, -0.2) is 0 Å². The van der Waals surface area contributed by atoms with E-state index >= 15 is 0 Å². The van der Waals surface area contributed by atoms with Crippen LogP contribution in [0.25, 0.3) is 0 Å². The van der Waals surface area contributed by atoms with Crippen LogP contribution in [0.3, 0.4) is 0 Å². The zero-order valence-corrected chi connectivity index (χ0v) is 16.6. The molecule has 0 spiro atoms. The van der Waals surface area contributed by atoms with Crippen LogP contribution < -0.4 is 5.32 Å². The Bertz CT molecular complexity index is 1070. The number of hydrogen-bond donors (Lipinski definition) is 1. The molecule has 1 N–H and O–H groups in total. The third kappa shape index (κ3) is 3.92. The van der Waals surface area contributed by atoms with Crippen molar-refractivity contribution in [3.8, 4) is 0 Å². The molecule has 2 heterocycles. The third-order valence-electron chi connectivity index (χ3n) is 5.37. The van der Waals surface area contributed by atoms with Crippen LogP contribution in [0, 0.1) is 13.8 Å². The van der Waals surface area contributed by atoms with Crippen LogP contribution in [-0.2, 0) is 13.0 Å². The molecule has 0 unspecified atom stereocenters. The van der Waals surface area contributed by atoms with Crippen molar-refractivity contribution in [2.24, 2.45) is 0 Å². The molecule has 29 heavy (non-hydrogen) atoms. The molecule has 6 heteroatoms. The molecule has 1 aliphatic rings. The molecular formula is C23H23N3O3. The first-order valence-corrected chi connectivity index (χ1v) is 9.72. The Labute approximate surface area is 169 Å². The van der Waals surface area contributed by atoms with E-state index in [9.17, 15) is 9.59 Å². The number of rotatable bonds is 3. The van der Waals surface area contributed by atoms with Crippen molar-refractivity contribution < 1.29 is 14.1 Å². The molecule has 1 aliphatic heterocycles. The van der Waals surface area contributed by atoms with Gasteiger partial charge in [0.2, 0.25) is 0 Å². The zero-order chi connectivity index (χ0) is 20.4. The summed E-state index contributed by atoms with van der Waals surface area (Å²) in [5.41, 5.74) is 4.94. The van der Waals surface area contributed by atoms with Crippen LogP contribution in [0.5, 0.6) is 0 Å². The van der Waals surface area contributed by atoms with Gasteiger partial charge in [0.1, 0.15) is 11.3 Å². The fraction of sp³-hybridized carbons (Fsp3) is 0.261. The summed E-state index contributed by atoms with van der Waals surface area (Å²) < 4.78 is 4.96. The minimum atomic E-state index is -0.305. The van der Waals surface area contributed by atoms with Gasteiger partial charge in [0, 0.05) is 24.3 Å². The molecule has 1 aromatic heterocycles. The van der Waals surface area contributed by atoms with E-state index in [2.05, 4.69) is 22.6 Å². The molecule has 148 valence electrons. The SMILES string of the molecule is Cc1ccc(C(=O)N2CCCc3ccccc3C2)cc1NC(=O)c1cnoc1C. The number of nitrogens with one attached hydrogen (secondary N) is 1. The number of nitrogens with zero attached hydrogens (tertiary/aromatic N) is 2. The van der Waals surface area contributed by atoms with Gasteiger partial charge in [-0.15, -0.1) is 0 Å². The molecule has 0 saturated carbocycles. The average molecular weight is 389 g/mol. The van der Waals surface area contributed by atoms with E-state index in [0.29, 0.717) is 35.7 Å². The number of anilines is 1. The topological polar surface area (TPSA) is 75.4 Å². The monoisotopic (exact) mass is 389 g/mol. The van der Waals surface area contributed by atoms with E-state index in [-0.39, 0.29) is 11.8 Å². The van der Waals surface area contributed by atoms with E-state index in [0.717, 1.165) is 18.4 Å². The number of hydrogen-bond acceptors (Lipinski definition) is 4. The van der Waals surface area contributed by atoms with Gasteiger partial charge in [-0.1, -0.05) is 35.5 Å². The fourth-order valence-electron chi connectivity index (χ4n) is 3.65. The van der Waals surface area contributed by atoms with Gasteiger partial charge in [-0.3, -0.25) is 9.59 Å². The third-order valence-corrected chi connectivity index (χ3v) is 5.37. The van der Waals surface area contributed by atoms with E-state index in [1.165, 1.54) is 17.3 Å². The number of carbonyl (C=O) groups is 2. The lowest BCUT2D eigenvalue weighted by molar-refractivity contribution is 0.0745. The van der Waals surface area contributed by atoms with Crippen molar-refractivity contribution >= 4 is 17.5 Å². The standard InChI is InChI=1S/C23H23N3O3/c1-15-9-10-18(12-21(15)25-22(27)20-13-24-29-16(20)2)23(28)26-11-5-8-17-6-3-4-7-19(17)14-26/h3-4,6-7,9-10,12-13H,5,8,11,14H2,1-2H3,(H,25,27). The molecule has 0 fully saturated rings. The van der Waals surface area contributed by atoms with E-state index in [4.69, 9.17) is 4.52 Å². The number of amides is 2. The van der Waals surface area contributed by atoms with Crippen LogP contribution in [0.15, 0.2) is 53.2 Å². The summed E-state index contributed by atoms with van der Waals surface area (Å²) in [5.74, 6) is 0.120. The summed E-state index contributed by atoms with van der Waals surface area (Å²) in [5, 5.41) is 6.51. The first-order chi connectivity index (χ1) is 14.0. The average Bonchev–Trinajstić information content (AvgIpc) is 3.03. The molecule has 4 rings (SSSR count). The van der Waals surface area contributed by atoms with Gasteiger partial charge in [-0.05, 0) is 55.5 Å². The van der Waals surface area contributed by atoms with Gasteiger partial charge in [0.05, 0.1) is 6.20 Å². The Morgan fingerprint density at radius 3 is 2.66 bits per heavy atom. The highest BCUT2D eigenvalue weighted by atomic mass is 16.5. The predicted octanol–water partition coefficient (Wildman–Crippen LogP) is 4.13. The van der Waals surface area contributed by atoms with Gasteiger partial charge < -0.3 is 14.7 Å². The number of benzene rings is 2. The Morgan fingerprint density at radius 1 is 1.10 bits per heavy atom. The first-order valence-electron chi connectivity index (χ1n) is 9.72. The second kappa shape index (κ2) is 7.91.